The van der Waals surface area contributed by atoms with E-state index in [1.807, 2.05) is 32.0 Å². The van der Waals surface area contributed by atoms with Crippen LogP contribution in [0.15, 0.2) is 27.5 Å². The van der Waals surface area contributed by atoms with Crippen LogP contribution in [-0.2, 0) is 4.79 Å². The molecular weight excluding hydrogens is 356 g/mol. The number of ketones is 1. The van der Waals surface area contributed by atoms with Crippen LogP contribution < -0.4 is 5.32 Å². The number of thioether (sulfide) groups is 1. The van der Waals surface area contributed by atoms with Gasteiger partial charge in [-0.2, -0.15) is 0 Å². The van der Waals surface area contributed by atoms with Crippen molar-refractivity contribution in [2.45, 2.75) is 37.4 Å². The molecule has 2 heterocycles. The number of hydrogen-bond acceptors (Lipinski definition) is 7. The molecule has 1 aromatic carbocycles. The molecule has 1 aromatic heterocycles. The number of carbonyl (C=O) groups excluding carboxylic acids is 2. The first kappa shape index (κ1) is 17.8. The maximum atomic E-state index is 12.3. The lowest BCUT2D eigenvalue weighted by Crippen LogP contribution is -2.15. The van der Waals surface area contributed by atoms with Crippen LogP contribution in [0.4, 0.5) is 10.8 Å². The van der Waals surface area contributed by atoms with E-state index in [1.54, 1.807) is 0 Å². The number of aryl methyl sites for hydroxylation is 1. The highest BCUT2D eigenvalue weighted by Crippen LogP contribution is 2.30. The van der Waals surface area contributed by atoms with Crippen LogP contribution in [0.3, 0.4) is 0 Å². The molecule has 8 heteroatoms. The van der Waals surface area contributed by atoms with Gasteiger partial charge < -0.3 is 5.32 Å². The van der Waals surface area contributed by atoms with Gasteiger partial charge in [0.15, 0.2) is 10.1 Å². The largest absolute Gasteiger partial charge is 0.301 e. The number of carbonyl (C=O) groups is 2. The fourth-order valence-electron chi connectivity index (χ4n) is 2.42. The van der Waals surface area contributed by atoms with Gasteiger partial charge in [0.25, 0.3) is 0 Å². The number of hydrogen-bond donors (Lipinski definition) is 1. The second-order valence-electron chi connectivity index (χ2n) is 5.76. The summed E-state index contributed by atoms with van der Waals surface area (Å²) in [5, 5.41) is 11.3. The molecule has 0 spiro atoms. The van der Waals surface area contributed by atoms with Gasteiger partial charge in [0.05, 0.1) is 12.1 Å². The molecule has 1 aliphatic rings. The van der Waals surface area contributed by atoms with Gasteiger partial charge in [0.1, 0.15) is 0 Å². The number of benzene rings is 1. The third-order valence-electron chi connectivity index (χ3n) is 3.59. The molecule has 1 amide bonds. The summed E-state index contributed by atoms with van der Waals surface area (Å²) in [5.74, 6) is 0.634. The highest BCUT2D eigenvalue weighted by molar-refractivity contribution is 8.01. The van der Waals surface area contributed by atoms with E-state index in [1.165, 1.54) is 23.1 Å². The summed E-state index contributed by atoms with van der Waals surface area (Å²) >= 11 is 2.81. The number of nitrogens with one attached hydrogen (secondary N) is 1. The minimum atomic E-state index is -0.0515. The highest BCUT2D eigenvalue weighted by atomic mass is 32.2. The number of aliphatic imine (C=N–C) groups is 1. The number of amides is 1. The molecule has 0 radical (unpaired) electrons. The second kappa shape index (κ2) is 7.88. The van der Waals surface area contributed by atoms with E-state index in [4.69, 9.17) is 0 Å². The first-order valence-corrected chi connectivity index (χ1v) is 9.82. The summed E-state index contributed by atoms with van der Waals surface area (Å²) in [6.07, 6.45) is 1.60. The van der Waals surface area contributed by atoms with E-state index >= 15 is 0 Å². The molecule has 2 aromatic rings. The number of Topliss-reactive ketones (excluding diaryl/α,β-unsaturated/α-hetero) is 1. The molecule has 0 fully saturated rings. The van der Waals surface area contributed by atoms with Crippen LogP contribution >= 0.6 is 23.1 Å². The summed E-state index contributed by atoms with van der Waals surface area (Å²) in [6.45, 7) is 3.92. The third-order valence-corrected chi connectivity index (χ3v) is 5.63. The van der Waals surface area contributed by atoms with Crippen molar-refractivity contribution in [3.63, 3.8) is 0 Å². The van der Waals surface area contributed by atoms with Crippen molar-refractivity contribution >= 4 is 51.3 Å². The first-order valence-electron chi connectivity index (χ1n) is 8.01. The van der Waals surface area contributed by atoms with Gasteiger partial charge in [0, 0.05) is 23.4 Å². The lowest BCUT2D eigenvalue weighted by atomic mass is 9.99. The maximum Gasteiger partial charge on any atom is 0.226 e. The van der Waals surface area contributed by atoms with E-state index in [2.05, 4.69) is 20.5 Å². The van der Waals surface area contributed by atoms with E-state index in [0.29, 0.717) is 29.3 Å². The monoisotopic (exact) mass is 374 g/mol. The Hall–Kier alpha value is -2.06. The predicted octanol–water partition coefficient (Wildman–Crippen LogP) is 4.04. The molecule has 0 bridgehead atoms. The zero-order chi connectivity index (χ0) is 17.8. The average molecular weight is 374 g/mol. The van der Waals surface area contributed by atoms with Gasteiger partial charge in [-0.05, 0) is 25.5 Å². The Morgan fingerprint density at radius 3 is 3.00 bits per heavy atom. The van der Waals surface area contributed by atoms with Crippen molar-refractivity contribution in [1.82, 2.24) is 10.2 Å². The number of aromatic nitrogens is 2. The Labute approximate surface area is 154 Å². The van der Waals surface area contributed by atoms with Gasteiger partial charge in [0.2, 0.25) is 11.0 Å². The van der Waals surface area contributed by atoms with Gasteiger partial charge in [-0.1, -0.05) is 41.7 Å². The Kier molecular flexibility index (Phi) is 5.60. The zero-order valence-corrected chi connectivity index (χ0v) is 15.7. The molecule has 0 atom stereocenters. The number of rotatable bonds is 6. The standard InChI is InChI=1S/C17H18N4O2S2/c1-3-4-15(23)19-16-20-21-17(25-16)24-9-11-8-14(22)12-7-10(2)5-6-13(12)18-11/h5-7H,3-4,8-9H2,1-2H3,(H,19,20,23). The van der Waals surface area contributed by atoms with E-state index in [-0.39, 0.29) is 11.7 Å². The Morgan fingerprint density at radius 1 is 1.36 bits per heavy atom. The Morgan fingerprint density at radius 2 is 2.20 bits per heavy atom. The second-order valence-corrected chi connectivity index (χ2v) is 7.96. The summed E-state index contributed by atoms with van der Waals surface area (Å²) < 4.78 is 0.747. The first-order chi connectivity index (χ1) is 12.0. The summed E-state index contributed by atoms with van der Waals surface area (Å²) in [5.41, 5.74) is 3.33. The number of nitrogens with zero attached hydrogens (tertiary/aromatic N) is 3. The minimum absolute atomic E-state index is 0.0515. The molecule has 1 aliphatic heterocycles. The quantitative estimate of drug-likeness (QED) is 0.609. The molecule has 3 rings (SSSR count). The van der Waals surface area contributed by atoms with Crippen LogP contribution in [0.25, 0.3) is 0 Å². The summed E-state index contributed by atoms with van der Waals surface area (Å²) in [7, 11) is 0. The molecule has 0 aliphatic carbocycles. The van der Waals surface area contributed by atoms with Crippen LogP contribution in [0, 0.1) is 6.92 Å². The molecule has 0 unspecified atom stereocenters. The fourth-order valence-corrected chi connectivity index (χ4v) is 4.12. The Balaban J connectivity index is 1.62. The fraction of sp³-hybridized carbons (Fsp3) is 0.353. The van der Waals surface area contributed by atoms with Gasteiger partial charge >= 0.3 is 0 Å². The van der Waals surface area contributed by atoms with Crippen molar-refractivity contribution in [2.75, 3.05) is 11.1 Å². The average Bonchev–Trinajstić information content (AvgIpc) is 3.01. The number of anilines is 1. The predicted molar refractivity (Wildman–Crippen MR) is 101 cm³/mol. The molecule has 25 heavy (non-hydrogen) atoms. The molecule has 130 valence electrons. The van der Waals surface area contributed by atoms with E-state index in [0.717, 1.165) is 27.7 Å². The van der Waals surface area contributed by atoms with Crippen molar-refractivity contribution < 1.29 is 9.59 Å². The normalized spacial score (nSPS) is 13.4. The van der Waals surface area contributed by atoms with Crippen molar-refractivity contribution in [3.8, 4) is 0 Å². The third kappa shape index (κ3) is 4.52. The lowest BCUT2D eigenvalue weighted by Gasteiger charge is -2.14. The molecular formula is C17H18N4O2S2. The Bertz CT molecular complexity index is 845. The maximum absolute atomic E-state index is 12.3. The molecule has 1 N–H and O–H groups in total. The summed E-state index contributed by atoms with van der Waals surface area (Å²) in [4.78, 5) is 28.4. The van der Waals surface area contributed by atoms with Crippen molar-refractivity contribution in [2.24, 2.45) is 4.99 Å². The van der Waals surface area contributed by atoms with Crippen LogP contribution in [-0.4, -0.2) is 33.4 Å². The topological polar surface area (TPSA) is 84.3 Å². The molecule has 0 saturated heterocycles. The minimum Gasteiger partial charge on any atom is -0.301 e. The lowest BCUT2D eigenvalue weighted by molar-refractivity contribution is -0.116. The summed E-state index contributed by atoms with van der Waals surface area (Å²) in [6, 6.07) is 5.74. The van der Waals surface area contributed by atoms with Gasteiger partial charge in [-0.3, -0.25) is 14.6 Å². The van der Waals surface area contributed by atoms with E-state index < -0.39 is 0 Å². The zero-order valence-electron chi connectivity index (χ0n) is 14.0. The van der Waals surface area contributed by atoms with Crippen molar-refractivity contribution in [1.29, 1.82) is 0 Å². The SMILES string of the molecule is CCCC(=O)Nc1nnc(SCC2=Nc3ccc(C)cc3C(=O)C2)s1. The van der Waals surface area contributed by atoms with Gasteiger partial charge in [-0.15, -0.1) is 10.2 Å². The number of fused-ring (bicyclic) bond motifs is 1. The van der Waals surface area contributed by atoms with Crippen LogP contribution in [0.1, 0.15) is 42.1 Å². The molecule has 0 saturated carbocycles. The van der Waals surface area contributed by atoms with Crippen LogP contribution in [0.5, 0.6) is 0 Å². The van der Waals surface area contributed by atoms with E-state index in [9.17, 15) is 9.59 Å². The van der Waals surface area contributed by atoms with Crippen molar-refractivity contribution in [3.05, 3.63) is 29.3 Å². The molecule has 6 nitrogen and oxygen atoms in total. The smallest absolute Gasteiger partial charge is 0.226 e. The highest BCUT2D eigenvalue weighted by Gasteiger charge is 2.20. The van der Waals surface area contributed by atoms with Gasteiger partial charge in [-0.25, -0.2) is 0 Å². The van der Waals surface area contributed by atoms with Crippen LogP contribution in [0.2, 0.25) is 0 Å².